The van der Waals surface area contributed by atoms with Gasteiger partial charge >= 0.3 is 0 Å². The molecule has 1 aliphatic carbocycles. The van der Waals surface area contributed by atoms with Crippen LogP contribution in [0.15, 0.2) is 29.4 Å². The van der Waals surface area contributed by atoms with Crippen LogP contribution in [-0.2, 0) is 0 Å². The van der Waals surface area contributed by atoms with Gasteiger partial charge in [0.2, 0.25) is 0 Å². The summed E-state index contributed by atoms with van der Waals surface area (Å²) in [5.74, 6) is -0.0720. The van der Waals surface area contributed by atoms with E-state index in [2.05, 4.69) is 33.1 Å². The first-order valence-electron chi connectivity index (χ1n) is 7.14. The van der Waals surface area contributed by atoms with Crippen molar-refractivity contribution in [2.45, 2.75) is 44.1 Å². The summed E-state index contributed by atoms with van der Waals surface area (Å²) in [7, 11) is 0. The monoisotopic (exact) mass is 401 g/mol. The van der Waals surface area contributed by atoms with Crippen molar-refractivity contribution >= 4 is 34.3 Å². The van der Waals surface area contributed by atoms with E-state index in [0.717, 1.165) is 29.3 Å². The number of nitrogens with zero attached hydrogens (tertiary/aromatic N) is 1. The molecule has 2 rings (SSSR count). The first-order valence-corrected chi connectivity index (χ1v) is 8.22. The molecule has 0 radical (unpaired) electrons. The molecule has 1 aliphatic rings. The van der Waals surface area contributed by atoms with Crippen LogP contribution in [-0.4, -0.2) is 22.5 Å². The Bertz CT molecular complexity index is 537. The third-order valence-corrected chi connectivity index (χ3v) is 4.97. The Kier molecular flexibility index (Phi) is 5.44. The molecule has 0 spiro atoms. The molecule has 4 N–H and O–H groups in total. The quantitative estimate of drug-likeness (QED) is 0.182. The molecule has 1 aromatic carbocycles. The molecule has 1 amide bonds. The van der Waals surface area contributed by atoms with E-state index in [1.54, 1.807) is 6.07 Å². The van der Waals surface area contributed by atoms with Gasteiger partial charge in [-0.1, -0.05) is 43.0 Å². The fourth-order valence-corrected chi connectivity index (χ4v) is 3.44. The molecule has 0 atom stereocenters. The van der Waals surface area contributed by atoms with E-state index in [4.69, 9.17) is 10.9 Å². The Balaban J connectivity index is 2.27. The molecule has 0 aliphatic heterocycles. The number of rotatable bonds is 3. The highest BCUT2D eigenvalue weighted by atomic mass is 127. The lowest BCUT2D eigenvalue weighted by Crippen LogP contribution is -2.57. The van der Waals surface area contributed by atoms with Crippen molar-refractivity contribution in [3.05, 3.63) is 33.4 Å². The number of nitrogens with one attached hydrogen (secondary N) is 1. The van der Waals surface area contributed by atoms with E-state index in [-0.39, 0.29) is 11.7 Å². The Labute approximate surface area is 138 Å². The summed E-state index contributed by atoms with van der Waals surface area (Å²) in [4.78, 5) is 12.6. The molecule has 0 heterocycles. The molecule has 1 fully saturated rings. The lowest BCUT2D eigenvalue weighted by molar-refractivity contribution is 0.0914. The molecule has 114 valence electrons. The predicted octanol–water partition coefficient (Wildman–Crippen LogP) is 2.86. The first kappa shape index (κ1) is 16.1. The Morgan fingerprint density at radius 2 is 1.86 bits per heavy atom. The zero-order valence-electron chi connectivity index (χ0n) is 11.8. The molecule has 0 aromatic heterocycles. The average Bonchev–Trinajstić information content (AvgIpc) is 2.73. The van der Waals surface area contributed by atoms with Gasteiger partial charge in [0.05, 0.1) is 5.56 Å². The minimum absolute atomic E-state index is 0.101. The maximum absolute atomic E-state index is 12.6. The van der Waals surface area contributed by atoms with Gasteiger partial charge in [-0.3, -0.25) is 4.79 Å². The highest BCUT2D eigenvalue weighted by Crippen LogP contribution is 2.28. The molecular weight excluding hydrogens is 381 g/mol. The van der Waals surface area contributed by atoms with Crippen molar-refractivity contribution < 1.29 is 10.0 Å². The van der Waals surface area contributed by atoms with Gasteiger partial charge in [0.25, 0.3) is 5.91 Å². The minimum atomic E-state index is -0.735. The Hall–Kier alpha value is -1.31. The van der Waals surface area contributed by atoms with E-state index in [9.17, 15) is 4.79 Å². The van der Waals surface area contributed by atoms with Crippen LogP contribution in [0.25, 0.3) is 0 Å². The second kappa shape index (κ2) is 7.11. The van der Waals surface area contributed by atoms with Crippen LogP contribution in [0.1, 0.15) is 48.9 Å². The van der Waals surface area contributed by atoms with Crippen LogP contribution < -0.4 is 11.1 Å². The van der Waals surface area contributed by atoms with Crippen molar-refractivity contribution in [1.29, 1.82) is 0 Å². The van der Waals surface area contributed by atoms with Gasteiger partial charge in [-0.05, 0) is 47.6 Å². The van der Waals surface area contributed by atoms with E-state index < -0.39 is 5.54 Å². The molecule has 21 heavy (non-hydrogen) atoms. The summed E-state index contributed by atoms with van der Waals surface area (Å²) >= 11 is 2.14. The largest absolute Gasteiger partial charge is 0.409 e. The van der Waals surface area contributed by atoms with Crippen molar-refractivity contribution in [3.63, 3.8) is 0 Å². The van der Waals surface area contributed by atoms with Gasteiger partial charge in [-0.15, -0.1) is 0 Å². The van der Waals surface area contributed by atoms with Crippen molar-refractivity contribution in [3.8, 4) is 0 Å². The number of amidine groups is 1. The van der Waals surface area contributed by atoms with E-state index in [0.29, 0.717) is 18.4 Å². The van der Waals surface area contributed by atoms with Crippen LogP contribution in [0.2, 0.25) is 0 Å². The highest BCUT2D eigenvalue weighted by Gasteiger charge is 2.37. The number of nitrogens with two attached hydrogens (primary N) is 1. The van der Waals surface area contributed by atoms with E-state index in [1.807, 2.05) is 18.2 Å². The zero-order valence-corrected chi connectivity index (χ0v) is 14.0. The normalized spacial score (nSPS) is 18.8. The van der Waals surface area contributed by atoms with Gasteiger partial charge in [-0.2, -0.15) is 0 Å². The summed E-state index contributed by atoms with van der Waals surface area (Å²) in [6.45, 7) is 0. The van der Waals surface area contributed by atoms with Crippen LogP contribution in [0, 0.1) is 3.57 Å². The number of carbonyl (C=O) groups is 1. The summed E-state index contributed by atoms with van der Waals surface area (Å²) in [5.41, 5.74) is 5.78. The molecule has 0 unspecified atom stereocenters. The van der Waals surface area contributed by atoms with E-state index >= 15 is 0 Å². The van der Waals surface area contributed by atoms with Crippen LogP contribution in [0.5, 0.6) is 0 Å². The predicted molar refractivity (Wildman–Crippen MR) is 90.5 cm³/mol. The van der Waals surface area contributed by atoms with Gasteiger partial charge in [0, 0.05) is 3.57 Å². The lowest BCUT2D eigenvalue weighted by atomic mass is 9.88. The van der Waals surface area contributed by atoms with Gasteiger partial charge in [0.15, 0.2) is 5.84 Å². The number of oxime groups is 1. The van der Waals surface area contributed by atoms with Crippen molar-refractivity contribution in [1.82, 2.24) is 5.32 Å². The summed E-state index contributed by atoms with van der Waals surface area (Å²) in [5, 5.41) is 15.3. The zero-order chi connectivity index (χ0) is 15.3. The van der Waals surface area contributed by atoms with Gasteiger partial charge in [0.1, 0.15) is 5.54 Å². The second-order valence-corrected chi connectivity index (χ2v) is 6.58. The fraction of sp³-hybridized carbons (Fsp3) is 0.467. The lowest BCUT2D eigenvalue weighted by Gasteiger charge is -2.32. The molecule has 1 saturated carbocycles. The smallest absolute Gasteiger partial charge is 0.253 e. The minimum Gasteiger partial charge on any atom is -0.409 e. The van der Waals surface area contributed by atoms with Crippen LogP contribution in [0.4, 0.5) is 0 Å². The summed E-state index contributed by atoms with van der Waals surface area (Å²) < 4.78 is 0.885. The average molecular weight is 401 g/mol. The molecule has 6 heteroatoms. The van der Waals surface area contributed by atoms with Gasteiger partial charge < -0.3 is 16.3 Å². The number of hydrogen-bond donors (Lipinski definition) is 3. The fourth-order valence-electron chi connectivity index (χ4n) is 2.80. The molecule has 0 bridgehead atoms. The van der Waals surface area contributed by atoms with Gasteiger partial charge in [-0.25, -0.2) is 0 Å². The topological polar surface area (TPSA) is 87.7 Å². The summed E-state index contributed by atoms with van der Waals surface area (Å²) in [6.07, 6.45) is 5.55. The Morgan fingerprint density at radius 1 is 1.24 bits per heavy atom. The molecule has 5 nitrogen and oxygen atoms in total. The van der Waals surface area contributed by atoms with Crippen LogP contribution >= 0.6 is 22.6 Å². The molecular formula is C15H20IN3O2. The molecule has 1 aromatic rings. The summed E-state index contributed by atoms with van der Waals surface area (Å²) in [6, 6.07) is 7.40. The van der Waals surface area contributed by atoms with Crippen LogP contribution in [0.3, 0.4) is 0 Å². The first-order chi connectivity index (χ1) is 10.1. The SMILES string of the molecule is N/C(=N/O)C1(NC(=O)c2ccccc2I)CCCCCC1. The third-order valence-electron chi connectivity index (χ3n) is 4.03. The van der Waals surface area contributed by atoms with Crippen molar-refractivity contribution in [2.75, 3.05) is 0 Å². The number of carbonyl (C=O) groups excluding carboxylic acids is 1. The number of benzene rings is 1. The Morgan fingerprint density at radius 3 is 2.43 bits per heavy atom. The van der Waals surface area contributed by atoms with Crippen molar-refractivity contribution in [2.24, 2.45) is 10.9 Å². The maximum atomic E-state index is 12.6. The highest BCUT2D eigenvalue weighted by molar-refractivity contribution is 14.1. The standard InChI is InChI=1S/C15H20IN3O2/c16-12-8-4-3-7-11(12)13(20)18-15(14(17)19-21)9-5-1-2-6-10-15/h3-4,7-8,21H,1-2,5-6,9-10H2,(H2,17,19)(H,18,20). The number of halogens is 1. The molecule has 0 saturated heterocycles. The number of hydrogen-bond acceptors (Lipinski definition) is 3. The number of amides is 1. The third kappa shape index (κ3) is 3.66. The maximum Gasteiger partial charge on any atom is 0.253 e. The second-order valence-electron chi connectivity index (χ2n) is 5.42. The van der Waals surface area contributed by atoms with E-state index in [1.165, 1.54) is 0 Å².